The number of nitrogens with zero attached hydrogens (tertiary/aromatic N) is 4. The highest BCUT2D eigenvalue weighted by Gasteiger charge is 2.20. The molecule has 2 rings (SSSR count). The van der Waals surface area contributed by atoms with Gasteiger partial charge in [-0.2, -0.15) is 16.9 Å². The van der Waals surface area contributed by atoms with Gasteiger partial charge in [-0.05, 0) is 31.8 Å². The second-order valence-corrected chi connectivity index (χ2v) is 6.82. The molecule has 2 aromatic rings. The topological polar surface area (TPSA) is 35.6 Å². The van der Waals surface area contributed by atoms with Gasteiger partial charge in [0.2, 0.25) is 0 Å². The van der Waals surface area contributed by atoms with Crippen molar-refractivity contribution in [2.24, 2.45) is 7.05 Å². The molecule has 6 heteroatoms. The molecule has 1 atom stereocenters. The average molecular weight is 315 g/mol. The van der Waals surface area contributed by atoms with Crippen molar-refractivity contribution in [1.29, 1.82) is 0 Å². The lowest BCUT2D eigenvalue weighted by Gasteiger charge is -2.17. The molecule has 0 aliphatic heterocycles. The summed E-state index contributed by atoms with van der Waals surface area (Å²) in [4.78, 5) is 4.76. The van der Waals surface area contributed by atoms with E-state index in [0.717, 1.165) is 35.5 Å². The highest BCUT2D eigenvalue weighted by molar-refractivity contribution is 7.99. The summed E-state index contributed by atoms with van der Waals surface area (Å²) in [6.07, 6.45) is 1.95. The quantitative estimate of drug-likeness (QED) is 0.579. The Morgan fingerprint density at radius 2 is 2.15 bits per heavy atom. The number of rotatable bonds is 7. The van der Waals surface area contributed by atoms with Gasteiger partial charge in [0, 0.05) is 25.4 Å². The second kappa shape index (κ2) is 6.85. The molecule has 1 unspecified atom stereocenters. The lowest BCUT2D eigenvalue weighted by Crippen LogP contribution is -2.13. The molecule has 112 valence electrons. The maximum absolute atomic E-state index is 5.93. The third kappa shape index (κ3) is 2.98. The Morgan fingerprint density at radius 1 is 1.40 bits per heavy atom. The van der Waals surface area contributed by atoms with Crippen LogP contribution in [0.25, 0.3) is 11.2 Å². The SMILES string of the molecule is CCSCCC(C)n1c(CCCl)nc2c(C)nn(C)c21. The smallest absolute Gasteiger partial charge is 0.158 e. The van der Waals surface area contributed by atoms with E-state index in [9.17, 15) is 0 Å². The summed E-state index contributed by atoms with van der Waals surface area (Å²) >= 11 is 7.92. The van der Waals surface area contributed by atoms with Crippen LogP contribution < -0.4 is 0 Å². The number of aromatic nitrogens is 4. The summed E-state index contributed by atoms with van der Waals surface area (Å²) in [5.74, 6) is 4.03. The number of hydrogen-bond acceptors (Lipinski definition) is 3. The zero-order valence-electron chi connectivity index (χ0n) is 12.7. The zero-order valence-corrected chi connectivity index (χ0v) is 14.3. The summed E-state index contributed by atoms with van der Waals surface area (Å²) < 4.78 is 4.27. The number of aryl methyl sites for hydroxylation is 3. The molecular weight excluding hydrogens is 292 g/mol. The van der Waals surface area contributed by atoms with Crippen molar-refractivity contribution >= 4 is 34.5 Å². The van der Waals surface area contributed by atoms with Gasteiger partial charge in [-0.25, -0.2) is 4.98 Å². The first-order chi connectivity index (χ1) is 9.60. The number of imidazole rings is 1. The van der Waals surface area contributed by atoms with Gasteiger partial charge in [-0.1, -0.05) is 6.92 Å². The van der Waals surface area contributed by atoms with E-state index < -0.39 is 0 Å². The highest BCUT2D eigenvalue weighted by atomic mass is 35.5. The summed E-state index contributed by atoms with van der Waals surface area (Å²) in [6, 6.07) is 0.423. The number of fused-ring (bicyclic) bond motifs is 1. The monoisotopic (exact) mass is 314 g/mol. The average Bonchev–Trinajstić information content (AvgIpc) is 2.90. The van der Waals surface area contributed by atoms with Crippen molar-refractivity contribution in [3.8, 4) is 0 Å². The van der Waals surface area contributed by atoms with Crippen LogP contribution in [-0.4, -0.2) is 36.7 Å². The van der Waals surface area contributed by atoms with Gasteiger partial charge in [0.15, 0.2) is 5.65 Å². The van der Waals surface area contributed by atoms with Crippen LogP contribution in [0, 0.1) is 6.92 Å². The van der Waals surface area contributed by atoms with Gasteiger partial charge in [-0.15, -0.1) is 11.6 Å². The molecule has 2 aromatic heterocycles. The number of hydrogen-bond donors (Lipinski definition) is 0. The Balaban J connectivity index is 2.39. The van der Waals surface area contributed by atoms with Crippen molar-refractivity contribution < 1.29 is 0 Å². The minimum Gasteiger partial charge on any atom is -0.310 e. The number of thioether (sulfide) groups is 1. The van der Waals surface area contributed by atoms with Crippen LogP contribution in [0.2, 0.25) is 0 Å². The van der Waals surface area contributed by atoms with E-state index in [1.807, 2.05) is 30.4 Å². The molecule has 0 aromatic carbocycles. The maximum atomic E-state index is 5.93. The molecule has 0 radical (unpaired) electrons. The first kappa shape index (κ1) is 15.7. The van der Waals surface area contributed by atoms with Gasteiger partial charge >= 0.3 is 0 Å². The summed E-state index contributed by atoms with van der Waals surface area (Å²) in [7, 11) is 1.99. The van der Waals surface area contributed by atoms with Crippen molar-refractivity contribution in [3.63, 3.8) is 0 Å². The summed E-state index contributed by atoms with van der Waals surface area (Å²) in [5, 5.41) is 4.49. The van der Waals surface area contributed by atoms with E-state index in [4.69, 9.17) is 16.6 Å². The molecule has 0 fully saturated rings. The largest absolute Gasteiger partial charge is 0.310 e. The summed E-state index contributed by atoms with van der Waals surface area (Å²) in [6.45, 7) is 6.48. The minimum absolute atomic E-state index is 0.423. The predicted molar refractivity (Wildman–Crippen MR) is 88.0 cm³/mol. The fourth-order valence-electron chi connectivity index (χ4n) is 2.59. The molecule has 4 nitrogen and oxygen atoms in total. The first-order valence-electron chi connectivity index (χ1n) is 7.14. The van der Waals surface area contributed by atoms with Crippen molar-refractivity contribution in [2.75, 3.05) is 17.4 Å². The Bertz CT molecular complexity index is 575. The number of halogens is 1. The Kier molecular flexibility index (Phi) is 5.38. The first-order valence-corrected chi connectivity index (χ1v) is 8.83. The van der Waals surface area contributed by atoms with Crippen LogP contribution in [0.5, 0.6) is 0 Å². The van der Waals surface area contributed by atoms with E-state index in [1.54, 1.807) is 0 Å². The molecule has 0 saturated carbocycles. The van der Waals surface area contributed by atoms with Gasteiger partial charge in [0.05, 0.1) is 5.69 Å². The fraction of sp³-hybridized carbons (Fsp3) is 0.714. The normalized spacial score (nSPS) is 13.2. The molecule has 0 N–H and O–H groups in total. The molecular formula is C14H23ClN4S. The molecule has 0 spiro atoms. The van der Waals surface area contributed by atoms with E-state index in [-0.39, 0.29) is 0 Å². The van der Waals surface area contributed by atoms with Crippen molar-refractivity contribution in [3.05, 3.63) is 11.5 Å². The molecule has 2 heterocycles. The van der Waals surface area contributed by atoms with Crippen LogP contribution in [0.3, 0.4) is 0 Å². The lowest BCUT2D eigenvalue weighted by molar-refractivity contribution is 0.516. The fourth-order valence-corrected chi connectivity index (χ4v) is 3.56. The molecule has 0 bridgehead atoms. The van der Waals surface area contributed by atoms with E-state index in [2.05, 4.69) is 23.5 Å². The van der Waals surface area contributed by atoms with Crippen LogP contribution in [0.15, 0.2) is 0 Å². The van der Waals surface area contributed by atoms with Gasteiger partial charge in [0.25, 0.3) is 0 Å². The van der Waals surface area contributed by atoms with Gasteiger partial charge in [-0.3, -0.25) is 4.68 Å². The third-order valence-corrected chi connectivity index (χ3v) is 4.67. The van der Waals surface area contributed by atoms with Crippen LogP contribution in [-0.2, 0) is 13.5 Å². The number of alkyl halides is 1. The predicted octanol–water partition coefficient (Wildman–Crippen LogP) is 3.56. The van der Waals surface area contributed by atoms with Crippen molar-refractivity contribution in [1.82, 2.24) is 19.3 Å². The Morgan fingerprint density at radius 3 is 2.80 bits per heavy atom. The van der Waals surface area contributed by atoms with Crippen LogP contribution in [0.1, 0.15) is 37.8 Å². The molecule has 20 heavy (non-hydrogen) atoms. The molecule has 0 aliphatic rings. The van der Waals surface area contributed by atoms with E-state index in [0.29, 0.717) is 11.9 Å². The van der Waals surface area contributed by atoms with Crippen molar-refractivity contribution in [2.45, 2.75) is 39.7 Å². The van der Waals surface area contributed by atoms with E-state index in [1.165, 1.54) is 11.5 Å². The maximum Gasteiger partial charge on any atom is 0.158 e. The molecule has 0 saturated heterocycles. The second-order valence-electron chi connectivity index (χ2n) is 5.05. The van der Waals surface area contributed by atoms with E-state index >= 15 is 0 Å². The standard InChI is InChI=1S/C14H23ClN4S/c1-5-20-9-7-10(2)19-12(6-8-15)16-13-11(3)17-18(4)14(13)19/h10H,5-9H2,1-4H3. The summed E-state index contributed by atoms with van der Waals surface area (Å²) in [5.41, 5.74) is 3.13. The van der Waals surface area contributed by atoms with Gasteiger partial charge < -0.3 is 4.57 Å². The molecule has 0 aliphatic carbocycles. The Hall–Kier alpha value is -0.680. The Labute approximate surface area is 129 Å². The van der Waals surface area contributed by atoms with Gasteiger partial charge in [0.1, 0.15) is 11.3 Å². The zero-order chi connectivity index (χ0) is 14.7. The van der Waals surface area contributed by atoms with Crippen LogP contribution in [0.4, 0.5) is 0 Å². The third-order valence-electron chi connectivity index (χ3n) is 3.55. The lowest BCUT2D eigenvalue weighted by atomic mass is 10.2. The molecule has 0 amide bonds. The van der Waals surface area contributed by atoms with Crippen LogP contribution >= 0.6 is 23.4 Å². The highest BCUT2D eigenvalue weighted by Crippen LogP contribution is 2.26. The minimum atomic E-state index is 0.423.